The van der Waals surface area contributed by atoms with Crippen molar-refractivity contribution in [3.63, 3.8) is 0 Å². The Morgan fingerprint density at radius 2 is 1.96 bits per heavy atom. The molecule has 144 valence electrons. The molecule has 8 heteroatoms. The smallest absolute Gasteiger partial charge is 0.276 e. The minimum absolute atomic E-state index is 0.213. The summed E-state index contributed by atoms with van der Waals surface area (Å²) in [5, 5.41) is 4.77. The van der Waals surface area contributed by atoms with Crippen LogP contribution in [0.5, 0.6) is 5.75 Å². The van der Waals surface area contributed by atoms with Crippen molar-refractivity contribution in [1.29, 1.82) is 0 Å². The molecule has 0 saturated heterocycles. The predicted octanol–water partition coefficient (Wildman–Crippen LogP) is 2.73. The summed E-state index contributed by atoms with van der Waals surface area (Å²) < 4.78 is 6.97. The van der Waals surface area contributed by atoms with Gasteiger partial charge in [0, 0.05) is 11.2 Å². The van der Waals surface area contributed by atoms with Gasteiger partial charge in [0.05, 0.1) is 18.3 Å². The maximum Gasteiger partial charge on any atom is 0.276 e. The fourth-order valence-electron chi connectivity index (χ4n) is 2.46. The van der Waals surface area contributed by atoms with Gasteiger partial charge in [-0.05, 0) is 36.2 Å². The van der Waals surface area contributed by atoms with Crippen LogP contribution in [0.2, 0.25) is 5.02 Å². The molecule has 0 bridgehead atoms. The molecule has 2 aromatic carbocycles. The van der Waals surface area contributed by atoms with Gasteiger partial charge in [0.2, 0.25) is 0 Å². The Bertz CT molecular complexity index is 987. The lowest BCUT2D eigenvalue weighted by atomic mass is 10.2. The van der Waals surface area contributed by atoms with Gasteiger partial charge in [0.15, 0.2) is 6.61 Å². The summed E-state index contributed by atoms with van der Waals surface area (Å²) in [6.07, 6.45) is 3.00. The highest BCUT2D eigenvalue weighted by Crippen LogP contribution is 2.16. The number of aryl methyl sites for hydroxylation is 1. The van der Waals surface area contributed by atoms with Crippen molar-refractivity contribution in [3.05, 3.63) is 82.6 Å². The number of hydrogen-bond acceptors (Lipinski definition) is 4. The first kappa shape index (κ1) is 19.4. The van der Waals surface area contributed by atoms with E-state index in [0.717, 1.165) is 11.1 Å². The first-order valence-electron chi connectivity index (χ1n) is 8.56. The number of benzene rings is 2. The minimum atomic E-state index is -0.477. The number of aromatic nitrogens is 2. The van der Waals surface area contributed by atoms with Crippen molar-refractivity contribution in [3.8, 4) is 5.75 Å². The molecule has 2 N–H and O–H groups in total. The van der Waals surface area contributed by atoms with E-state index in [1.807, 2.05) is 43.3 Å². The normalized spacial score (nSPS) is 10.4. The summed E-state index contributed by atoms with van der Waals surface area (Å²) in [6, 6.07) is 14.8. The van der Waals surface area contributed by atoms with Crippen LogP contribution in [0.15, 0.2) is 60.9 Å². The van der Waals surface area contributed by atoms with Crippen molar-refractivity contribution in [1.82, 2.24) is 20.6 Å². The van der Waals surface area contributed by atoms with Crippen LogP contribution >= 0.6 is 11.6 Å². The zero-order chi connectivity index (χ0) is 19.9. The van der Waals surface area contributed by atoms with E-state index in [2.05, 4.69) is 16.0 Å². The Morgan fingerprint density at radius 3 is 2.75 bits per heavy atom. The van der Waals surface area contributed by atoms with Gasteiger partial charge < -0.3 is 4.74 Å². The van der Waals surface area contributed by atoms with Crippen molar-refractivity contribution >= 4 is 23.4 Å². The molecule has 3 aromatic rings. The zero-order valence-corrected chi connectivity index (χ0v) is 15.9. The first-order chi connectivity index (χ1) is 13.5. The minimum Gasteiger partial charge on any atom is -0.484 e. The Labute approximate surface area is 167 Å². The third kappa shape index (κ3) is 5.34. The lowest BCUT2D eigenvalue weighted by Gasteiger charge is -2.08. The van der Waals surface area contributed by atoms with Gasteiger partial charge in [-0.1, -0.05) is 41.9 Å². The van der Waals surface area contributed by atoms with E-state index in [-0.39, 0.29) is 6.61 Å². The number of halogens is 1. The van der Waals surface area contributed by atoms with Gasteiger partial charge in [-0.15, -0.1) is 0 Å². The highest BCUT2D eigenvalue weighted by atomic mass is 35.5. The maximum atomic E-state index is 12.2. The van der Waals surface area contributed by atoms with E-state index in [1.54, 1.807) is 23.0 Å². The van der Waals surface area contributed by atoms with Gasteiger partial charge in [-0.3, -0.25) is 25.1 Å². The zero-order valence-electron chi connectivity index (χ0n) is 15.2. The summed E-state index contributed by atoms with van der Waals surface area (Å²) in [5.41, 5.74) is 6.88. The molecule has 2 amide bonds. The fraction of sp³-hybridized carbons (Fsp3) is 0.150. The number of rotatable bonds is 6. The van der Waals surface area contributed by atoms with Crippen LogP contribution in [0.4, 0.5) is 0 Å². The molecule has 0 radical (unpaired) electrons. The highest BCUT2D eigenvalue weighted by Gasteiger charge is 2.11. The molecule has 0 aliphatic heterocycles. The Kier molecular flexibility index (Phi) is 6.29. The SMILES string of the molecule is Cc1cccc(OCC(=O)NNC(=O)c2cnn(Cc3ccccc3Cl)c2)c1. The molecular formula is C20H19ClN4O3. The van der Waals surface area contributed by atoms with Crippen molar-refractivity contribution < 1.29 is 14.3 Å². The van der Waals surface area contributed by atoms with Gasteiger partial charge in [-0.2, -0.15) is 5.10 Å². The van der Waals surface area contributed by atoms with E-state index in [0.29, 0.717) is 22.9 Å². The molecule has 1 heterocycles. The maximum absolute atomic E-state index is 12.2. The molecule has 7 nitrogen and oxygen atoms in total. The van der Waals surface area contributed by atoms with Crippen LogP contribution in [0.1, 0.15) is 21.5 Å². The molecule has 0 aliphatic carbocycles. The molecule has 0 saturated carbocycles. The average molecular weight is 399 g/mol. The number of carbonyl (C=O) groups is 2. The number of carbonyl (C=O) groups excluding carboxylic acids is 2. The topological polar surface area (TPSA) is 85.2 Å². The highest BCUT2D eigenvalue weighted by molar-refractivity contribution is 6.31. The van der Waals surface area contributed by atoms with E-state index in [4.69, 9.17) is 16.3 Å². The average Bonchev–Trinajstić information content (AvgIpc) is 3.15. The lowest BCUT2D eigenvalue weighted by molar-refractivity contribution is -0.123. The quantitative estimate of drug-likeness (QED) is 0.625. The second-order valence-electron chi connectivity index (χ2n) is 6.13. The summed E-state index contributed by atoms with van der Waals surface area (Å²) >= 11 is 6.13. The summed E-state index contributed by atoms with van der Waals surface area (Å²) in [5.74, 6) is -0.366. The van der Waals surface area contributed by atoms with E-state index in [9.17, 15) is 9.59 Å². The van der Waals surface area contributed by atoms with Crippen molar-refractivity contribution in [2.75, 3.05) is 6.61 Å². The number of nitrogens with zero attached hydrogens (tertiary/aromatic N) is 2. The Balaban J connectivity index is 1.48. The lowest BCUT2D eigenvalue weighted by Crippen LogP contribution is -2.43. The predicted molar refractivity (Wildman–Crippen MR) is 105 cm³/mol. The van der Waals surface area contributed by atoms with Gasteiger partial charge in [-0.25, -0.2) is 0 Å². The second kappa shape index (κ2) is 9.05. The van der Waals surface area contributed by atoms with E-state index >= 15 is 0 Å². The molecule has 0 unspecified atom stereocenters. The van der Waals surface area contributed by atoms with Crippen molar-refractivity contribution in [2.45, 2.75) is 13.5 Å². The van der Waals surface area contributed by atoms with Crippen LogP contribution in [-0.4, -0.2) is 28.2 Å². The van der Waals surface area contributed by atoms with Crippen molar-refractivity contribution in [2.24, 2.45) is 0 Å². The molecule has 0 fully saturated rings. The monoisotopic (exact) mass is 398 g/mol. The third-order valence-electron chi connectivity index (χ3n) is 3.86. The second-order valence-corrected chi connectivity index (χ2v) is 6.53. The molecule has 0 spiro atoms. The van der Waals surface area contributed by atoms with Crippen LogP contribution in [0, 0.1) is 6.92 Å². The standard InChI is InChI=1S/C20H19ClN4O3/c1-14-5-4-7-17(9-14)28-13-19(26)23-24-20(27)16-10-22-25(12-16)11-15-6-2-3-8-18(15)21/h2-10,12H,11,13H2,1H3,(H,23,26)(H,24,27). The number of amides is 2. The third-order valence-corrected chi connectivity index (χ3v) is 4.23. The molecular weight excluding hydrogens is 380 g/mol. The molecule has 0 atom stereocenters. The van der Waals surface area contributed by atoms with Crippen LogP contribution in [-0.2, 0) is 11.3 Å². The van der Waals surface area contributed by atoms with Gasteiger partial charge >= 0.3 is 0 Å². The molecule has 28 heavy (non-hydrogen) atoms. The van der Waals surface area contributed by atoms with Crippen LogP contribution < -0.4 is 15.6 Å². The molecule has 3 rings (SSSR count). The summed E-state index contributed by atoms with van der Waals surface area (Å²) in [4.78, 5) is 24.0. The van der Waals surface area contributed by atoms with Gasteiger partial charge in [0.25, 0.3) is 11.8 Å². The molecule has 0 aliphatic rings. The molecule has 1 aromatic heterocycles. The van der Waals surface area contributed by atoms with E-state index < -0.39 is 11.8 Å². The number of nitrogens with one attached hydrogen (secondary N) is 2. The van der Waals surface area contributed by atoms with Crippen LogP contribution in [0.3, 0.4) is 0 Å². The van der Waals surface area contributed by atoms with Gasteiger partial charge in [0.1, 0.15) is 5.75 Å². The fourth-order valence-corrected chi connectivity index (χ4v) is 2.65. The number of hydrazine groups is 1. The number of ether oxygens (including phenoxy) is 1. The first-order valence-corrected chi connectivity index (χ1v) is 8.93. The van der Waals surface area contributed by atoms with E-state index in [1.165, 1.54) is 6.20 Å². The largest absolute Gasteiger partial charge is 0.484 e. The Morgan fingerprint density at radius 1 is 1.14 bits per heavy atom. The number of hydrogen-bond donors (Lipinski definition) is 2. The van der Waals surface area contributed by atoms with Crippen LogP contribution in [0.25, 0.3) is 0 Å². The summed E-state index contributed by atoms with van der Waals surface area (Å²) in [7, 11) is 0. The Hall–Kier alpha value is -3.32. The summed E-state index contributed by atoms with van der Waals surface area (Å²) in [6.45, 7) is 2.15.